The highest BCUT2D eigenvalue weighted by Gasteiger charge is 2.32. The van der Waals surface area contributed by atoms with Crippen molar-refractivity contribution in [2.24, 2.45) is 0 Å². The molecule has 0 spiro atoms. The Kier molecular flexibility index (Phi) is 6.31. The minimum atomic E-state index is -4.60. The van der Waals surface area contributed by atoms with Gasteiger partial charge in [0.25, 0.3) is 0 Å². The molecular weight excluding hydrogens is 464 g/mol. The molecule has 0 bridgehead atoms. The molecule has 10 heteroatoms. The number of rotatable bonds is 5. The zero-order chi connectivity index (χ0) is 19.6. The van der Waals surface area contributed by atoms with Crippen molar-refractivity contribution in [2.45, 2.75) is 19.2 Å². The molecular formula is C16H10BrCl2F3O4. The SMILES string of the molecule is CC(Oc1cc(Oc2c(Cl)cc(C(F)(F)F)cc2Cl)ccc1Br)C(=O)O. The Morgan fingerprint density at radius 1 is 1.19 bits per heavy atom. The normalized spacial score (nSPS) is 12.6. The molecule has 2 rings (SSSR count). The average molecular weight is 474 g/mol. The predicted octanol–water partition coefficient (Wildman–Crippen LogP) is 6.42. The van der Waals surface area contributed by atoms with E-state index in [1.54, 1.807) is 0 Å². The van der Waals surface area contributed by atoms with E-state index in [4.69, 9.17) is 37.8 Å². The number of hydrogen-bond donors (Lipinski definition) is 1. The van der Waals surface area contributed by atoms with Gasteiger partial charge in [-0.25, -0.2) is 4.79 Å². The van der Waals surface area contributed by atoms with E-state index in [-0.39, 0.29) is 27.3 Å². The minimum absolute atomic E-state index is 0.143. The van der Waals surface area contributed by atoms with Gasteiger partial charge in [-0.2, -0.15) is 13.2 Å². The average Bonchev–Trinajstić information content (AvgIpc) is 2.52. The van der Waals surface area contributed by atoms with E-state index in [0.717, 1.165) is 0 Å². The van der Waals surface area contributed by atoms with E-state index in [2.05, 4.69) is 15.9 Å². The number of benzene rings is 2. The Bertz CT molecular complexity index is 820. The van der Waals surface area contributed by atoms with E-state index >= 15 is 0 Å². The largest absolute Gasteiger partial charge is 0.479 e. The van der Waals surface area contributed by atoms with Gasteiger partial charge in [-0.05, 0) is 47.1 Å². The highest BCUT2D eigenvalue weighted by Crippen LogP contribution is 2.42. The van der Waals surface area contributed by atoms with Crippen LogP contribution in [0.2, 0.25) is 10.0 Å². The van der Waals surface area contributed by atoms with Crippen molar-refractivity contribution in [3.8, 4) is 17.2 Å². The number of ether oxygens (including phenoxy) is 2. The van der Waals surface area contributed by atoms with Crippen LogP contribution in [0.15, 0.2) is 34.8 Å². The number of carboxylic acids is 1. The summed E-state index contributed by atoms with van der Waals surface area (Å²) in [5, 5.41) is 8.26. The summed E-state index contributed by atoms with van der Waals surface area (Å²) in [4.78, 5) is 10.9. The van der Waals surface area contributed by atoms with Gasteiger partial charge in [0, 0.05) is 6.07 Å². The Labute approximate surface area is 164 Å². The molecule has 140 valence electrons. The smallest absolute Gasteiger partial charge is 0.416 e. The van der Waals surface area contributed by atoms with Crippen LogP contribution in [0.4, 0.5) is 13.2 Å². The van der Waals surface area contributed by atoms with E-state index < -0.39 is 23.8 Å². The summed E-state index contributed by atoms with van der Waals surface area (Å²) < 4.78 is 49.5. The first-order valence-corrected chi connectivity index (χ1v) is 8.47. The van der Waals surface area contributed by atoms with Crippen LogP contribution in [-0.2, 0) is 11.0 Å². The molecule has 0 saturated heterocycles. The fourth-order valence-electron chi connectivity index (χ4n) is 1.82. The molecule has 2 aromatic carbocycles. The standard InChI is InChI=1S/C16H10BrCl2F3O4/c1-7(15(23)24)25-13-6-9(2-3-10(13)17)26-14-11(18)4-8(5-12(14)19)16(20,21)22/h2-7H,1H3,(H,23,24). The van der Waals surface area contributed by atoms with Gasteiger partial charge in [-0.15, -0.1) is 0 Å². The van der Waals surface area contributed by atoms with Crippen molar-refractivity contribution in [3.63, 3.8) is 0 Å². The van der Waals surface area contributed by atoms with Crippen molar-refractivity contribution in [3.05, 3.63) is 50.4 Å². The number of alkyl halides is 3. The van der Waals surface area contributed by atoms with Crippen LogP contribution in [0.1, 0.15) is 12.5 Å². The molecule has 1 unspecified atom stereocenters. The second kappa shape index (κ2) is 7.94. The van der Waals surface area contributed by atoms with E-state index in [0.29, 0.717) is 16.6 Å². The Morgan fingerprint density at radius 2 is 1.77 bits per heavy atom. The third kappa shape index (κ3) is 4.96. The van der Waals surface area contributed by atoms with Gasteiger partial charge in [-0.1, -0.05) is 23.2 Å². The van der Waals surface area contributed by atoms with E-state index in [9.17, 15) is 18.0 Å². The summed E-state index contributed by atoms with van der Waals surface area (Å²) in [7, 11) is 0. The molecule has 0 fully saturated rings. The van der Waals surface area contributed by atoms with Crippen LogP contribution in [0, 0.1) is 0 Å². The van der Waals surface area contributed by atoms with E-state index in [1.807, 2.05) is 0 Å². The summed E-state index contributed by atoms with van der Waals surface area (Å²) in [6.07, 6.45) is -5.72. The third-order valence-corrected chi connectivity index (χ3v) is 4.32. The van der Waals surface area contributed by atoms with Crippen LogP contribution < -0.4 is 9.47 Å². The molecule has 0 aromatic heterocycles. The highest BCUT2D eigenvalue weighted by molar-refractivity contribution is 9.10. The van der Waals surface area contributed by atoms with Gasteiger partial charge in [0.15, 0.2) is 11.9 Å². The van der Waals surface area contributed by atoms with Gasteiger partial charge in [0.05, 0.1) is 20.1 Å². The maximum absolute atomic E-state index is 12.8. The first-order chi connectivity index (χ1) is 12.0. The number of aliphatic carboxylic acids is 1. The van der Waals surface area contributed by atoms with Gasteiger partial charge < -0.3 is 14.6 Å². The molecule has 1 N–H and O–H groups in total. The summed E-state index contributed by atoms with van der Waals surface area (Å²) in [5.74, 6) is -1.03. The summed E-state index contributed by atoms with van der Waals surface area (Å²) in [6.45, 7) is 1.34. The molecule has 0 aliphatic heterocycles. The van der Waals surface area contributed by atoms with Gasteiger partial charge in [0.1, 0.15) is 11.5 Å². The van der Waals surface area contributed by atoms with Gasteiger partial charge in [0.2, 0.25) is 0 Å². The zero-order valence-corrected chi connectivity index (χ0v) is 16.0. The maximum Gasteiger partial charge on any atom is 0.416 e. The quantitative estimate of drug-likeness (QED) is 0.544. The lowest BCUT2D eigenvalue weighted by atomic mass is 10.2. The summed E-state index contributed by atoms with van der Waals surface area (Å²) in [5.41, 5.74) is -1.00. The van der Waals surface area contributed by atoms with Crippen molar-refractivity contribution >= 4 is 45.1 Å². The molecule has 0 aliphatic rings. The van der Waals surface area contributed by atoms with Gasteiger partial charge >= 0.3 is 12.1 Å². The second-order valence-corrected chi connectivity index (χ2v) is 6.73. The van der Waals surface area contributed by atoms with Gasteiger partial charge in [-0.3, -0.25) is 0 Å². The van der Waals surface area contributed by atoms with Crippen LogP contribution in [0.5, 0.6) is 17.2 Å². The Morgan fingerprint density at radius 3 is 2.27 bits per heavy atom. The first kappa shape index (κ1) is 20.7. The van der Waals surface area contributed by atoms with Crippen molar-refractivity contribution < 1.29 is 32.5 Å². The molecule has 26 heavy (non-hydrogen) atoms. The van der Waals surface area contributed by atoms with Crippen molar-refractivity contribution in [2.75, 3.05) is 0 Å². The number of carbonyl (C=O) groups is 1. The molecule has 0 aliphatic carbocycles. The molecule has 0 saturated carbocycles. The maximum atomic E-state index is 12.8. The number of halogens is 6. The molecule has 1 atom stereocenters. The lowest BCUT2D eigenvalue weighted by Crippen LogP contribution is -2.23. The molecule has 2 aromatic rings. The molecule has 0 amide bonds. The topological polar surface area (TPSA) is 55.8 Å². The molecule has 0 radical (unpaired) electrons. The minimum Gasteiger partial charge on any atom is -0.479 e. The van der Waals surface area contributed by atoms with Crippen LogP contribution in [0.25, 0.3) is 0 Å². The van der Waals surface area contributed by atoms with Crippen molar-refractivity contribution in [1.29, 1.82) is 0 Å². The van der Waals surface area contributed by atoms with Crippen LogP contribution in [0.3, 0.4) is 0 Å². The molecule has 0 heterocycles. The van der Waals surface area contributed by atoms with Crippen LogP contribution in [-0.4, -0.2) is 17.2 Å². The zero-order valence-electron chi connectivity index (χ0n) is 12.9. The fourth-order valence-corrected chi connectivity index (χ4v) is 2.72. The highest BCUT2D eigenvalue weighted by atomic mass is 79.9. The van der Waals surface area contributed by atoms with E-state index in [1.165, 1.54) is 25.1 Å². The Balaban J connectivity index is 2.33. The van der Waals surface area contributed by atoms with Crippen molar-refractivity contribution in [1.82, 2.24) is 0 Å². The lowest BCUT2D eigenvalue weighted by molar-refractivity contribution is -0.144. The Hall–Kier alpha value is -1.64. The third-order valence-electron chi connectivity index (χ3n) is 3.10. The molecule has 4 nitrogen and oxygen atoms in total. The monoisotopic (exact) mass is 472 g/mol. The number of carboxylic acid groups (broad SMARTS) is 1. The second-order valence-electron chi connectivity index (χ2n) is 5.06. The fraction of sp³-hybridized carbons (Fsp3) is 0.188. The predicted molar refractivity (Wildman–Crippen MR) is 93.4 cm³/mol. The van der Waals surface area contributed by atoms with Crippen LogP contribution >= 0.6 is 39.1 Å². The lowest BCUT2D eigenvalue weighted by Gasteiger charge is -2.15. The summed E-state index contributed by atoms with van der Waals surface area (Å²) >= 11 is 14.9. The summed E-state index contributed by atoms with van der Waals surface area (Å²) in [6, 6.07) is 5.75. The first-order valence-electron chi connectivity index (χ1n) is 6.92. The number of hydrogen-bond acceptors (Lipinski definition) is 3.